The Labute approximate surface area is 368 Å². The molecule has 7 aromatic rings. The SMILES string of the molecule is CC(C)(C)[C@@](O)(C#Cc1ccccc1C#Cc1ccc(-c2ccccc2)cc1)c1ccc([C@@](O)(C#Cc2ccccc2C#Cc2ccc(-c3ccccc3)cc2)C(C)(C)C)cc1. The van der Waals surface area contributed by atoms with Crippen molar-refractivity contribution in [1.29, 1.82) is 0 Å². The van der Waals surface area contributed by atoms with Gasteiger partial charge >= 0.3 is 0 Å². The molecule has 62 heavy (non-hydrogen) atoms. The van der Waals surface area contributed by atoms with Gasteiger partial charge in [-0.2, -0.15) is 0 Å². The van der Waals surface area contributed by atoms with Gasteiger partial charge in [0.15, 0.2) is 11.2 Å². The summed E-state index contributed by atoms with van der Waals surface area (Å²) < 4.78 is 0. The highest BCUT2D eigenvalue weighted by Crippen LogP contribution is 2.42. The molecule has 0 heterocycles. The third kappa shape index (κ3) is 9.67. The smallest absolute Gasteiger partial charge is 0.156 e. The summed E-state index contributed by atoms with van der Waals surface area (Å²) in [5.74, 6) is 26.3. The summed E-state index contributed by atoms with van der Waals surface area (Å²) in [7, 11) is 0. The largest absolute Gasteiger partial charge is 0.373 e. The maximum absolute atomic E-state index is 12.4. The zero-order chi connectivity index (χ0) is 43.8. The quantitative estimate of drug-likeness (QED) is 0.174. The minimum Gasteiger partial charge on any atom is -0.373 e. The van der Waals surface area contributed by atoms with Crippen molar-refractivity contribution in [3.8, 4) is 69.6 Å². The van der Waals surface area contributed by atoms with Crippen molar-refractivity contribution < 1.29 is 10.2 Å². The lowest BCUT2D eigenvalue weighted by Gasteiger charge is -2.38. The highest BCUT2D eigenvalue weighted by molar-refractivity contribution is 5.66. The first-order valence-electron chi connectivity index (χ1n) is 20.9. The standard InChI is InChI=1S/C60H50O2/c1-57(2,3)59(61,43-41-51-23-15-13-21-49(51)31-25-45-27-33-53(34-28-45)47-17-9-7-10-18-47)55-37-39-56(40-38-55)60(62,58(4,5)6)44-42-52-24-16-14-22-50(52)32-26-46-29-35-54(36-30-46)48-19-11-8-12-20-48/h7-24,27-30,33-40,61-62H,1-6H3/t59-,60+. The molecule has 0 radical (unpaired) electrons. The molecule has 0 saturated carbocycles. The Morgan fingerprint density at radius 2 is 0.565 bits per heavy atom. The number of aliphatic hydroxyl groups is 2. The topological polar surface area (TPSA) is 40.5 Å². The van der Waals surface area contributed by atoms with Gasteiger partial charge in [0.05, 0.1) is 0 Å². The molecule has 2 nitrogen and oxygen atoms in total. The van der Waals surface area contributed by atoms with Gasteiger partial charge in [-0.1, -0.05) is 222 Å². The van der Waals surface area contributed by atoms with E-state index in [1.807, 2.05) is 175 Å². The molecule has 7 aromatic carbocycles. The Hall–Kier alpha value is -7.30. The van der Waals surface area contributed by atoms with Crippen LogP contribution >= 0.6 is 0 Å². The van der Waals surface area contributed by atoms with Gasteiger partial charge in [0, 0.05) is 44.2 Å². The van der Waals surface area contributed by atoms with Crippen LogP contribution in [0.1, 0.15) is 86.1 Å². The first-order valence-corrected chi connectivity index (χ1v) is 20.9. The maximum atomic E-state index is 12.4. The Kier molecular flexibility index (Phi) is 12.5. The van der Waals surface area contributed by atoms with Crippen LogP contribution in [0.3, 0.4) is 0 Å². The van der Waals surface area contributed by atoms with Gasteiger partial charge < -0.3 is 10.2 Å². The van der Waals surface area contributed by atoms with Crippen LogP contribution in [0.15, 0.2) is 182 Å². The van der Waals surface area contributed by atoms with Crippen LogP contribution in [0.5, 0.6) is 0 Å². The molecule has 0 aliphatic carbocycles. The number of benzene rings is 7. The van der Waals surface area contributed by atoms with E-state index in [0.717, 1.165) is 55.6 Å². The zero-order valence-electron chi connectivity index (χ0n) is 36.2. The second-order valence-electron chi connectivity index (χ2n) is 17.5. The molecule has 2 N–H and O–H groups in total. The minimum atomic E-state index is -1.54. The third-order valence-electron chi connectivity index (χ3n) is 11.2. The lowest BCUT2D eigenvalue weighted by atomic mass is 9.70. The normalized spacial score (nSPS) is 12.9. The first kappa shape index (κ1) is 42.8. The first-order chi connectivity index (χ1) is 29.7. The summed E-state index contributed by atoms with van der Waals surface area (Å²) in [6, 6.07) is 59.9. The van der Waals surface area contributed by atoms with Gasteiger partial charge in [-0.05, 0) is 81.9 Å². The summed E-state index contributed by atoms with van der Waals surface area (Å²) in [6.07, 6.45) is 0. The van der Waals surface area contributed by atoms with Crippen LogP contribution in [0.4, 0.5) is 0 Å². The van der Waals surface area contributed by atoms with Crippen LogP contribution in [0.2, 0.25) is 0 Å². The lowest BCUT2D eigenvalue weighted by molar-refractivity contribution is -0.0120. The van der Waals surface area contributed by atoms with E-state index >= 15 is 0 Å². The Balaban J connectivity index is 1.15. The molecule has 302 valence electrons. The molecule has 0 saturated heterocycles. The molecule has 0 aliphatic heterocycles. The van der Waals surface area contributed by atoms with Gasteiger partial charge in [0.2, 0.25) is 0 Å². The van der Waals surface area contributed by atoms with Crippen molar-refractivity contribution in [1.82, 2.24) is 0 Å². The van der Waals surface area contributed by atoms with E-state index in [2.05, 4.69) is 95.9 Å². The lowest BCUT2D eigenvalue weighted by Crippen LogP contribution is -2.40. The molecule has 7 rings (SSSR count). The molecule has 0 amide bonds. The zero-order valence-corrected chi connectivity index (χ0v) is 36.2. The van der Waals surface area contributed by atoms with Gasteiger partial charge in [-0.15, -0.1) is 0 Å². The number of rotatable bonds is 4. The number of hydrogen-bond donors (Lipinski definition) is 2. The summed E-state index contributed by atoms with van der Waals surface area (Å²) >= 11 is 0. The van der Waals surface area contributed by atoms with Crippen LogP contribution < -0.4 is 0 Å². The van der Waals surface area contributed by atoms with E-state index in [1.165, 1.54) is 0 Å². The molecule has 0 aliphatic rings. The van der Waals surface area contributed by atoms with Gasteiger partial charge in [0.1, 0.15) is 0 Å². The summed E-state index contributed by atoms with van der Waals surface area (Å²) in [4.78, 5) is 0. The molecule has 0 bridgehead atoms. The van der Waals surface area contributed by atoms with E-state index in [1.54, 1.807) is 0 Å². The van der Waals surface area contributed by atoms with Crippen LogP contribution in [-0.2, 0) is 11.2 Å². The van der Waals surface area contributed by atoms with E-state index in [-0.39, 0.29) is 0 Å². The van der Waals surface area contributed by atoms with Crippen LogP contribution in [-0.4, -0.2) is 10.2 Å². The third-order valence-corrected chi connectivity index (χ3v) is 11.2. The molecule has 0 fully saturated rings. The van der Waals surface area contributed by atoms with Gasteiger partial charge in [-0.3, -0.25) is 0 Å². The summed E-state index contributed by atoms with van der Waals surface area (Å²) in [5.41, 5.74) is 6.22. The second kappa shape index (κ2) is 18.1. The van der Waals surface area contributed by atoms with Gasteiger partial charge in [-0.25, -0.2) is 0 Å². The number of hydrogen-bond acceptors (Lipinski definition) is 2. The predicted octanol–water partition coefficient (Wildman–Crippen LogP) is 12.4. The van der Waals surface area contributed by atoms with Crippen molar-refractivity contribution in [3.05, 3.63) is 226 Å². The van der Waals surface area contributed by atoms with Gasteiger partial charge in [0.25, 0.3) is 0 Å². The molecule has 0 unspecified atom stereocenters. The van der Waals surface area contributed by atoms with E-state index in [4.69, 9.17) is 0 Å². The second-order valence-corrected chi connectivity index (χ2v) is 17.5. The average Bonchev–Trinajstić information content (AvgIpc) is 3.29. The van der Waals surface area contributed by atoms with E-state index in [0.29, 0.717) is 11.1 Å². The fourth-order valence-corrected chi connectivity index (χ4v) is 7.09. The molecular weight excluding hydrogens is 753 g/mol. The summed E-state index contributed by atoms with van der Waals surface area (Å²) in [6.45, 7) is 11.8. The van der Waals surface area contributed by atoms with Crippen LogP contribution in [0, 0.1) is 58.2 Å². The molecule has 0 aromatic heterocycles. The monoisotopic (exact) mass is 802 g/mol. The van der Waals surface area contributed by atoms with Crippen LogP contribution in [0.25, 0.3) is 22.3 Å². The highest BCUT2D eigenvalue weighted by Gasteiger charge is 2.43. The Bertz CT molecular complexity index is 2710. The highest BCUT2D eigenvalue weighted by atomic mass is 16.3. The molecule has 0 spiro atoms. The van der Waals surface area contributed by atoms with Crippen molar-refractivity contribution in [3.63, 3.8) is 0 Å². The van der Waals surface area contributed by atoms with Crippen molar-refractivity contribution in [2.45, 2.75) is 52.7 Å². The predicted molar refractivity (Wildman–Crippen MR) is 256 cm³/mol. The van der Waals surface area contributed by atoms with E-state index < -0.39 is 22.0 Å². The van der Waals surface area contributed by atoms with E-state index in [9.17, 15) is 10.2 Å². The fraction of sp³-hybridized carbons (Fsp3) is 0.167. The van der Waals surface area contributed by atoms with Crippen molar-refractivity contribution in [2.24, 2.45) is 10.8 Å². The molecule has 2 heteroatoms. The minimum absolute atomic E-state index is 0.616. The maximum Gasteiger partial charge on any atom is 0.156 e. The Morgan fingerprint density at radius 1 is 0.290 bits per heavy atom. The average molecular weight is 803 g/mol. The molecule has 2 atom stereocenters. The van der Waals surface area contributed by atoms with Crippen molar-refractivity contribution >= 4 is 0 Å². The summed E-state index contributed by atoms with van der Waals surface area (Å²) in [5, 5.41) is 24.8. The Morgan fingerprint density at radius 3 is 0.871 bits per heavy atom. The fourth-order valence-electron chi connectivity index (χ4n) is 7.09. The molecular formula is C60H50O2. The van der Waals surface area contributed by atoms with Crippen molar-refractivity contribution in [2.75, 3.05) is 0 Å².